The van der Waals surface area contributed by atoms with E-state index < -0.39 is 0 Å². The lowest BCUT2D eigenvalue weighted by atomic mass is 10.0. The summed E-state index contributed by atoms with van der Waals surface area (Å²) in [7, 11) is 0. The van der Waals surface area contributed by atoms with Gasteiger partial charge in [-0.05, 0) is 18.1 Å². The number of halogens is 1. The fourth-order valence-electron chi connectivity index (χ4n) is 3.92. The second-order valence-corrected chi connectivity index (χ2v) is 7.26. The van der Waals surface area contributed by atoms with Gasteiger partial charge in [-0.2, -0.15) is 0 Å². The van der Waals surface area contributed by atoms with Gasteiger partial charge in [0.2, 0.25) is 11.9 Å². The van der Waals surface area contributed by atoms with Crippen molar-refractivity contribution in [3.63, 3.8) is 0 Å². The Balaban J connectivity index is 1.46. The lowest BCUT2D eigenvalue weighted by Crippen LogP contribution is -2.25. The number of fused-ring (bicyclic) bond motifs is 2. The number of anilines is 2. The molecule has 0 unspecified atom stereocenters. The predicted octanol–water partition coefficient (Wildman–Crippen LogP) is 2.18. The van der Waals surface area contributed by atoms with Crippen molar-refractivity contribution in [3.8, 4) is 5.75 Å². The molecular formula is C19H19FN6O2. The highest BCUT2D eigenvalue weighted by atomic mass is 19.1. The van der Waals surface area contributed by atoms with Gasteiger partial charge in [0.1, 0.15) is 23.6 Å². The van der Waals surface area contributed by atoms with Crippen LogP contribution in [0.5, 0.6) is 5.75 Å². The van der Waals surface area contributed by atoms with E-state index in [2.05, 4.69) is 20.5 Å². The molecule has 4 heterocycles. The lowest BCUT2D eigenvalue weighted by molar-refractivity contribution is -0.117. The van der Waals surface area contributed by atoms with Crippen molar-refractivity contribution in [2.45, 2.75) is 26.3 Å². The minimum absolute atomic E-state index is 0.0572. The van der Waals surface area contributed by atoms with Gasteiger partial charge in [-0.15, -0.1) is 10.2 Å². The van der Waals surface area contributed by atoms with Gasteiger partial charge in [-0.1, -0.05) is 6.92 Å². The Labute approximate surface area is 160 Å². The first-order chi connectivity index (χ1) is 13.6. The third-order valence-corrected chi connectivity index (χ3v) is 5.29. The smallest absolute Gasteiger partial charge is 0.227 e. The Morgan fingerprint density at radius 3 is 3.11 bits per heavy atom. The lowest BCUT2D eigenvalue weighted by Gasteiger charge is -2.18. The summed E-state index contributed by atoms with van der Waals surface area (Å²) in [6, 6.07) is 3.09. The summed E-state index contributed by atoms with van der Waals surface area (Å²) < 4.78 is 21.6. The summed E-state index contributed by atoms with van der Waals surface area (Å²) in [6.07, 6.45) is 4.36. The number of ether oxygens (including phenoxy) is 1. The quantitative estimate of drug-likeness (QED) is 0.745. The minimum atomic E-state index is -0.273. The second kappa shape index (κ2) is 6.43. The fourth-order valence-corrected chi connectivity index (χ4v) is 3.92. The molecule has 28 heavy (non-hydrogen) atoms. The molecule has 1 amide bonds. The molecule has 0 radical (unpaired) electrons. The van der Waals surface area contributed by atoms with Crippen LogP contribution >= 0.6 is 0 Å². The Morgan fingerprint density at radius 2 is 2.29 bits per heavy atom. The van der Waals surface area contributed by atoms with Crippen LogP contribution in [-0.4, -0.2) is 38.6 Å². The SMILES string of the molecule is C[C@H]1CC(=O)N(c2cnc(NCc3c(F)ccc4c3CCO4)n3cnnc23)C1. The molecule has 1 aromatic carbocycles. The molecule has 144 valence electrons. The molecule has 2 aromatic heterocycles. The van der Waals surface area contributed by atoms with Crippen molar-refractivity contribution >= 4 is 23.2 Å². The zero-order valence-corrected chi connectivity index (χ0v) is 15.4. The molecule has 0 aliphatic carbocycles. The number of carbonyl (C=O) groups is 1. The summed E-state index contributed by atoms with van der Waals surface area (Å²) in [6.45, 7) is 3.50. The van der Waals surface area contributed by atoms with E-state index in [1.807, 2.05) is 6.92 Å². The largest absolute Gasteiger partial charge is 0.493 e. The molecule has 1 saturated heterocycles. The number of rotatable bonds is 4. The highest BCUT2D eigenvalue weighted by Gasteiger charge is 2.30. The zero-order chi connectivity index (χ0) is 19.3. The van der Waals surface area contributed by atoms with Crippen LogP contribution in [0.25, 0.3) is 5.65 Å². The van der Waals surface area contributed by atoms with Gasteiger partial charge in [0.15, 0.2) is 5.65 Å². The molecule has 3 aromatic rings. The van der Waals surface area contributed by atoms with Crippen LogP contribution in [0.1, 0.15) is 24.5 Å². The maximum atomic E-state index is 14.4. The van der Waals surface area contributed by atoms with Gasteiger partial charge < -0.3 is 15.0 Å². The molecule has 2 aliphatic heterocycles. The summed E-state index contributed by atoms with van der Waals surface area (Å²) in [4.78, 5) is 18.4. The van der Waals surface area contributed by atoms with E-state index >= 15 is 0 Å². The highest BCUT2D eigenvalue weighted by Crippen LogP contribution is 2.31. The first-order valence-corrected chi connectivity index (χ1v) is 9.28. The summed E-state index contributed by atoms with van der Waals surface area (Å²) in [5.74, 6) is 1.29. The van der Waals surface area contributed by atoms with Crippen molar-refractivity contribution in [3.05, 3.63) is 41.6 Å². The molecule has 9 heteroatoms. The van der Waals surface area contributed by atoms with E-state index in [9.17, 15) is 9.18 Å². The van der Waals surface area contributed by atoms with Gasteiger partial charge in [-0.25, -0.2) is 13.8 Å². The highest BCUT2D eigenvalue weighted by molar-refractivity contribution is 5.98. The van der Waals surface area contributed by atoms with E-state index in [4.69, 9.17) is 4.74 Å². The van der Waals surface area contributed by atoms with Crippen LogP contribution < -0.4 is 15.0 Å². The van der Waals surface area contributed by atoms with Crippen LogP contribution in [0.15, 0.2) is 24.7 Å². The Kier molecular flexibility index (Phi) is 3.88. The minimum Gasteiger partial charge on any atom is -0.493 e. The summed E-state index contributed by atoms with van der Waals surface area (Å²) in [5.41, 5.74) is 2.64. The van der Waals surface area contributed by atoms with E-state index in [0.29, 0.717) is 54.8 Å². The molecule has 0 saturated carbocycles. The number of hydrogen-bond donors (Lipinski definition) is 1. The molecule has 2 aliphatic rings. The predicted molar refractivity (Wildman–Crippen MR) is 99.8 cm³/mol. The zero-order valence-electron chi connectivity index (χ0n) is 15.4. The van der Waals surface area contributed by atoms with Crippen LogP contribution in [0.2, 0.25) is 0 Å². The molecule has 1 N–H and O–H groups in total. The Hall–Kier alpha value is -3.23. The molecule has 5 rings (SSSR count). The summed E-state index contributed by atoms with van der Waals surface area (Å²) in [5, 5.41) is 11.3. The second-order valence-electron chi connectivity index (χ2n) is 7.26. The van der Waals surface area contributed by atoms with Crippen LogP contribution in [-0.2, 0) is 17.8 Å². The average Bonchev–Trinajstić information content (AvgIpc) is 3.40. The van der Waals surface area contributed by atoms with E-state index in [1.54, 1.807) is 21.6 Å². The average molecular weight is 382 g/mol. The van der Waals surface area contributed by atoms with E-state index in [1.165, 1.54) is 12.4 Å². The normalized spacial score (nSPS) is 18.6. The monoisotopic (exact) mass is 382 g/mol. The van der Waals surface area contributed by atoms with Crippen molar-refractivity contribution in [2.24, 2.45) is 5.92 Å². The molecule has 1 atom stereocenters. The van der Waals surface area contributed by atoms with Crippen LogP contribution in [0.4, 0.5) is 16.0 Å². The van der Waals surface area contributed by atoms with Gasteiger partial charge >= 0.3 is 0 Å². The van der Waals surface area contributed by atoms with E-state index in [-0.39, 0.29) is 18.3 Å². The Bertz CT molecular complexity index is 1080. The topological polar surface area (TPSA) is 84.7 Å². The fraction of sp³-hybridized carbons (Fsp3) is 0.368. The third-order valence-electron chi connectivity index (χ3n) is 5.29. The van der Waals surface area contributed by atoms with E-state index in [0.717, 1.165) is 11.3 Å². The standard InChI is InChI=1S/C19H19FN6O2/c1-11-6-17(27)25(9-11)15-8-22-19(26-10-23-24-18(15)26)21-7-13-12-4-5-28-16(12)3-2-14(13)20/h2-3,8,10-11H,4-7,9H2,1H3,(H,21,22)/t11-/m0/s1. The molecule has 8 nitrogen and oxygen atoms in total. The molecule has 0 bridgehead atoms. The van der Waals surface area contributed by atoms with Crippen molar-refractivity contribution in [1.82, 2.24) is 19.6 Å². The number of hydrogen-bond acceptors (Lipinski definition) is 6. The first kappa shape index (κ1) is 16.9. The van der Waals surface area contributed by atoms with Gasteiger partial charge in [0, 0.05) is 37.1 Å². The number of amides is 1. The van der Waals surface area contributed by atoms with Gasteiger partial charge in [-0.3, -0.25) is 4.79 Å². The van der Waals surface area contributed by atoms with Crippen molar-refractivity contribution < 1.29 is 13.9 Å². The first-order valence-electron chi connectivity index (χ1n) is 9.28. The molecule has 0 spiro atoms. The maximum Gasteiger partial charge on any atom is 0.227 e. The van der Waals surface area contributed by atoms with Gasteiger partial charge in [0.05, 0.1) is 12.8 Å². The third kappa shape index (κ3) is 2.65. The number of nitrogens with one attached hydrogen (secondary N) is 1. The molecule has 1 fully saturated rings. The van der Waals surface area contributed by atoms with Crippen LogP contribution in [0, 0.1) is 11.7 Å². The summed E-state index contributed by atoms with van der Waals surface area (Å²) >= 11 is 0. The number of benzene rings is 1. The van der Waals surface area contributed by atoms with Crippen molar-refractivity contribution in [1.29, 1.82) is 0 Å². The number of nitrogens with zero attached hydrogens (tertiary/aromatic N) is 5. The Morgan fingerprint density at radius 1 is 1.39 bits per heavy atom. The molecular weight excluding hydrogens is 363 g/mol. The van der Waals surface area contributed by atoms with Crippen LogP contribution in [0.3, 0.4) is 0 Å². The number of aromatic nitrogens is 4. The number of carbonyl (C=O) groups excluding carboxylic acids is 1. The van der Waals surface area contributed by atoms with Gasteiger partial charge in [0.25, 0.3) is 0 Å². The maximum absolute atomic E-state index is 14.4. The van der Waals surface area contributed by atoms with Crippen molar-refractivity contribution in [2.75, 3.05) is 23.4 Å².